The molecule has 1 aliphatic heterocycles. The Hall–Kier alpha value is -2.54. The van der Waals surface area contributed by atoms with Crippen molar-refractivity contribution in [1.82, 2.24) is 0 Å². The van der Waals surface area contributed by atoms with Gasteiger partial charge in [-0.05, 0) is 62.1 Å². The maximum absolute atomic E-state index is 12.3. The van der Waals surface area contributed by atoms with Gasteiger partial charge in [-0.3, -0.25) is 4.31 Å². The SMILES string of the molecule is Cc1cccc(C)c1OCCOC(=O)c1ccc2c(c1)CC(C)N2S(C)(=O)=O. The Bertz CT molecular complexity index is 980. The molecule has 0 bridgehead atoms. The molecule has 150 valence electrons. The topological polar surface area (TPSA) is 72.9 Å². The number of hydrogen-bond donors (Lipinski definition) is 0. The van der Waals surface area contributed by atoms with Gasteiger partial charge in [0.1, 0.15) is 19.0 Å². The van der Waals surface area contributed by atoms with Crippen LogP contribution in [0.25, 0.3) is 0 Å². The Labute approximate surface area is 166 Å². The largest absolute Gasteiger partial charge is 0.489 e. The van der Waals surface area contributed by atoms with Gasteiger partial charge in [0, 0.05) is 6.04 Å². The molecule has 0 N–H and O–H groups in total. The number of para-hydroxylation sites is 1. The van der Waals surface area contributed by atoms with Gasteiger partial charge in [-0.2, -0.15) is 0 Å². The second-order valence-corrected chi connectivity index (χ2v) is 9.02. The number of anilines is 1. The van der Waals surface area contributed by atoms with E-state index in [-0.39, 0.29) is 19.3 Å². The Morgan fingerprint density at radius 1 is 1.14 bits per heavy atom. The molecule has 2 aromatic carbocycles. The van der Waals surface area contributed by atoms with Crippen LogP contribution in [0.4, 0.5) is 5.69 Å². The van der Waals surface area contributed by atoms with Crippen molar-refractivity contribution in [3.63, 3.8) is 0 Å². The molecule has 7 heteroatoms. The zero-order chi connectivity index (χ0) is 20.5. The number of benzene rings is 2. The van der Waals surface area contributed by atoms with Crippen LogP contribution in [0.3, 0.4) is 0 Å². The average molecular weight is 404 g/mol. The Morgan fingerprint density at radius 2 is 1.82 bits per heavy atom. The van der Waals surface area contributed by atoms with E-state index < -0.39 is 16.0 Å². The molecular weight excluding hydrogens is 378 g/mol. The van der Waals surface area contributed by atoms with E-state index in [0.717, 1.165) is 22.4 Å². The van der Waals surface area contributed by atoms with E-state index in [0.29, 0.717) is 17.7 Å². The van der Waals surface area contributed by atoms with Gasteiger partial charge in [-0.15, -0.1) is 0 Å². The molecule has 2 aromatic rings. The number of ether oxygens (including phenoxy) is 2. The molecule has 6 nitrogen and oxygen atoms in total. The van der Waals surface area contributed by atoms with Gasteiger partial charge in [-0.1, -0.05) is 18.2 Å². The van der Waals surface area contributed by atoms with E-state index in [4.69, 9.17) is 9.47 Å². The summed E-state index contributed by atoms with van der Waals surface area (Å²) in [5, 5.41) is 0. The van der Waals surface area contributed by atoms with Crippen molar-refractivity contribution in [1.29, 1.82) is 0 Å². The van der Waals surface area contributed by atoms with E-state index in [1.54, 1.807) is 18.2 Å². The minimum absolute atomic E-state index is 0.134. The summed E-state index contributed by atoms with van der Waals surface area (Å²) >= 11 is 0. The van der Waals surface area contributed by atoms with Crippen molar-refractivity contribution in [3.8, 4) is 5.75 Å². The number of sulfonamides is 1. The molecule has 0 saturated heterocycles. The molecule has 3 rings (SSSR count). The summed E-state index contributed by atoms with van der Waals surface area (Å²) in [6.07, 6.45) is 1.76. The normalized spacial score (nSPS) is 16.0. The molecule has 0 radical (unpaired) electrons. The Morgan fingerprint density at radius 3 is 2.46 bits per heavy atom. The third kappa shape index (κ3) is 4.14. The number of hydrogen-bond acceptors (Lipinski definition) is 5. The molecule has 1 aliphatic rings. The summed E-state index contributed by atoms with van der Waals surface area (Å²) in [5.41, 5.74) is 3.95. The highest BCUT2D eigenvalue weighted by Crippen LogP contribution is 2.34. The van der Waals surface area contributed by atoms with Crippen molar-refractivity contribution in [2.75, 3.05) is 23.8 Å². The highest BCUT2D eigenvalue weighted by molar-refractivity contribution is 7.92. The van der Waals surface area contributed by atoms with Gasteiger partial charge in [0.05, 0.1) is 17.5 Å². The Kier molecular flexibility index (Phi) is 5.65. The predicted molar refractivity (Wildman–Crippen MR) is 109 cm³/mol. The average Bonchev–Trinajstić information content (AvgIpc) is 2.95. The molecule has 0 aliphatic carbocycles. The summed E-state index contributed by atoms with van der Waals surface area (Å²) < 4.78 is 36.4. The van der Waals surface area contributed by atoms with Gasteiger partial charge >= 0.3 is 5.97 Å². The number of fused-ring (bicyclic) bond motifs is 1. The smallest absolute Gasteiger partial charge is 0.338 e. The van der Waals surface area contributed by atoms with Gasteiger partial charge < -0.3 is 9.47 Å². The fraction of sp³-hybridized carbons (Fsp3) is 0.381. The second-order valence-electron chi connectivity index (χ2n) is 7.16. The van der Waals surface area contributed by atoms with Crippen molar-refractivity contribution in [2.24, 2.45) is 0 Å². The molecule has 1 atom stereocenters. The standard InChI is InChI=1S/C21H25NO5S/c1-14-6-5-7-15(2)20(14)26-10-11-27-21(23)17-8-9-19-18(13-17)12-16(3)22(19)28(4,24)25/h5-9,13,16H,10-12H2,1-4H3. The predicted octanol–water partition coefficient (Wildman–Crippen LogP) is 3.25. The van der Waals surface area contributed by atoms with Crippen LogP contribution in [-0.2, 0) is 21.2 Å². The van der Waals surface area contributed by atoms with Crippen molar-refractivity contribution in [3.05, 3.63) is 58.7 Å². The van der Waals surface area contributed by atoms with Gasteiger partial charge in [0.15, 0.2) is 0 Å². The highest BCUT2D eigenvalue weighted by atomic mass is 32.2. The third-order valence-electron chi connectivity index (χ3n) is 4.80. The number of carbonyl (C=O) groups excluding carboxylic acids is 1. The van der Waals surface area contributed by atoms with E-state index in [1.807, 2.05) is 39.0 Å². The first-order valence-electron chi connectivity index (χ1n) is 9.17. The zero-order valence-electron chi connectivity index (χ0n) is 16.6. The van der Waals surface area contributed by atoms with Crippen LogP contribution in [0, 0.1) is 13.8 Å². The van der Waals surface area contributed by atoms with Crippen LogP contribution in [0.1, 0.15) is 34.0 Å². The fourth-order valence-electron chi connectivity index (χ4n) is 3.62. The lowest BCUT2D eigenvalue weighted by Gasteiger charge is -2.21. The summed E-state index contributed by atoms with van der Waals surface area (Å²) in [7, 11) is -3.35. The molecule has 0 saturated carbocycles. The van der Waals surface area contributed by atoms with Crippen molar-refractivity contribution >= 4 is 21.7 Å². The zero-order valence-corrected chi connectivity index (χ0v) is 17.4. The molecular formula is C21H25NO5S. The van der Waals surface area contributed by atoms with Crippen LogP contribution < -0.4 is 9.04 Å². The molecule has 0 spiro atoms. The second kappa shape index (κ2) is 7.83. The molecule has 1 heterocycles. The van der Waals surface area contributed by atoms with Crippen LogP contribution >= 0.6 is 0 Å². The van der Waals surface area contributed by atoms with E-state index in [2.05, 4.69) is 0 Å². The first-order valence-corrected chi connectivity index (χ1v) is 11.0. The summed E-state index contributed by atoms with van der Waals surface area (Å²) in [6.45, 7) is 6.19. The fourth-order valence-corrected chi connectivity index (χ4v) is 4.89. The summed E-state index contributed by atoms with van der Waals surface area (Å²) in [6, 6.07) is 10.7. The monoisotopic (exact) mass is 403 g/mol. The minimum Gasteiger partial charge on any atom is -0.489 e. The third-order valence-corrected chi connectivity index (χ3v) is 6.07. The van der Waals surface area contributed by atoms with E-state index >= 15 is 0 Å². The first kappa shape index (κ1) is 20.2. The molecule has 1 unspecified atom stereocenters. The maximum atomic E-state index is 12.3. The van der Waals surface area contributed by atoms with Gasteiger partial charge in [0.2, 0.25) is 10.0 Å². The molecule has 0 aromatic heterocycles. The summed E-state index contributed by atoms with van der Waals surface area (Å²) in [4.78, 5) is 12.3. The lowest BCUT2D eigenvalue weighted by molar-refractivity contribution is 0.0449. The lowest BCUT2D eigenvalue weighted by atomic mass is 10.1. The van der Waals surface area contributed by atoms with Gasteiger partial charge in [0.25, 0.3) is 0 Å². The number of nitrogens with zero attached hydrogens (tertiary/aromatic N) is 1. The van der Waals surface area contributed by atoms with Crippen LogP contribution in [-0.4, -0.2) is 39.9 Å². The van der Waals surface area contributed by atoms with Crippen molar-refractivity contribution < 1.29 is 22.7 Å². The highest BCUT2D eigenvalue weighted by Gasteiger charge is 2.32. The van der Waals surface area contributed by atoms with Crippen molar-refractivity contribution in [2.45, 2.75) is 33.2 Å². The minimum atomic E-state index is -3.35. The van der Waals surface area contributed by atoms with Crippen LogP contribution in [0.15, 0.2) is 36.4 Å². The van der Waals surface area contributed by atoms with E-state index in [1.165, 1.54) is 10.6 Å². The number of esters is 1. The summed E-state index contributed by atoms with van der Waals surface area (Å²) in [5.74, 6) is 0.365. The van der Waals surface area contributed by atoms with E-state index in [9.17, 15) is 13.2 Å². The lowest BCUT2D eigenvalue weighted by Crippen LogP contribution is -2.34. The van der Waals surface area contributed by atoms with Crippen LogP contribution in [0.5, 0.6) is 5.75 Å². The van der Waals surface area contributed by atoms with Crippen LogP contribution in [0.2, 0.25) is 0 Å². The molecule has 0 amide bonds. The first-order chi connectivity index (χ1) is 13.2. The Balaban J connectivity index is 1.61. The number of aryl methyl sites for hydroxylation is 2. The van der Waals surface area contributed by atoms with Gasteiger partial charge in [-0.25, -0.2) is 13.2 Å². The quantitative estimate of drug-likeness (QED) is 0.547. The molecule has 28 heavy (non-hydrogen) atoms. The molecule has 0 fully saturated rings. The number of rotatable bonds is 6. The maximum Gasteiger partial charge on any atom is 0.338 e. The number of carbonyl (C=O) groups is 1.